The van der Waals surface area contributed by atoms with Gasteiger partial charge in [0.25, 0.3) is 0 Å². The summed E-state index contributed by atoms with van der Waals surface area (Å²) >= 11 is 0. The first kappa shape index (κ1) is 22.8. The van der Waals surface area contributed by atoms with Crippen molar-refractivity contribution in [1.29, 1.82) is 0 Å². The number of aromatic nitrogens is 5. The van der Waals surface area contributed by atoms with Crippen molar-refractivity contribution in [2.24, 2.45) is 0 Å². The molecule has 33 heavy (non-hydrogen) atoms. The number of hydrogen-bond donors (Lipinski definition) is 1. The molecule has 6 nitrogen and oxygen atoms in total. The quantitative estimate of drug-likeness (QED) is 0.353. The molecular weight excluding hydrogens is 408 g/mol. The van der Waals surface area contributed by atoms with E-state index in [1.54, 1.807) is 6.33 Å². The molecule has 0 saturated carbocycles. The van der Waals surface area contributed by atoms with Crippen molar-refractivity contribution >= 4 is 16.7 Å². The second kappa shape index (κ2) is 10.0. The van der Waals surface area contributed by atoms with Crippen LogP contribution in [0.1, 0.15) is 67.7 Å². The van der Waals surface area contributed by atoms with Crippen molar-refractivity contribution in [2.75, 3.05) is 5.32 Å². The second-order valence-corrected chi connectivity index (χ2v) is 8.65. The smallest absolute Gasteiger partial charge is 0.159 e. The van der Waals surface area contributed by atoms with Crippen LogP contribution in [0.2, 0.25) is 0 Å². The van der Waals surface area contributed by atoms with E-state index in [1.165, 1.54) is 11.1 Å². The van der Waals surface area contributed by atoms with Crippen LogP contribution in [0.3, 0.4) is 0 Å². The molecule has 0 aliphatic heterocycles. The van der Waals surface area contributed by atoms with E-state index in [0.717, 1.165) is 70.7 Å². The molecule has 0 fully saturated rings. The van der Waals surface area contributed by atoms with E-state index < -0.39 is 0 Å². The third-order valence-corrected chi connectivity index (χ3v) is 5.96. The number of anilines is 1. The second-order valence-electron chi connectivity index (χ2n) is 8.65. The fourth-order valence-electron chi connectivity index (χ4n) is 4.17. The van der Waals surface area contributed by atoms with Gasteiger partial charge in [0.15, 0.2) is 5.82 Å². The Bertz CT molecular complexity index is 1250. The Hall–Kier alpha value is -3.41. The van der Waals surface area contributed by atoms with E-state index in [9.17, 15) is 0 Å². The number of hydrogen-bond acceptors (Lipinski definition) is 6. The van der Waals surface area contributed by atoms with Crippen molar-refractivity contribution in [1.82, 2.24) is 24.9 Å². The maximum atomic E-state index is 4.74. The number of nitrogens with zero attached hydrogens (tertiary/aromatic N) is 5. The molecule has 0 spiro atoms. The number of rotatable bonds is 8. The first-order valence-electron chi connectivity index (χ1n) is 11.8. The Morgan fingerprint density at radius 1 is 0.970 bits per heavy atom. The Balaban J connectivity index is 1.80. The molecule has 4 rings (SSSR count). The van der Waals surface area contributed by atoms with E-state index in [1.807, 2.05) is 26.2 Å². The number of unbranched alkanes of at least 4 members (excludes halogenated alkanes) is 1. The fraction of sp³-hybridized carbons (Fsp3) is 0.370. The standard InChI is InChI=1S/C27H32N6/c1-6-8-9-20-12-21(26-28-14-17(3)15-29-26)13-23-25(20)30-16-31-27(23)33-19(5)22-11-10-18(4)32-24(22)7-2/h10-16,19H,6-9H2,1-5H3,(H,30,31,33)/t19-/m0/s1. The minimum atomic E-state index is 0.0597. The first-order chi connectivity index (χ1) is 16.0. The summed E-state index contributed by atoms with van der Waals surface area (Å²) in [4.78, 5) is 23.2. The molecule has 0 aliphatic rings. The topological polar surface area (TPSA) is 76.5 Å². The zero-order chi connectivity index (χ0) is 23.4. The monoisotopic (exact) mass is 440 g/mol. The fourth-order valence-corrected chi connectivity index (χ4v) is 4.17. The van der Waals surface area contributed by atoms with E-state index in [4.69, 9.17) is 4.98 Å². The minimum absolute atomic E-state index is 0.0597. The van der Waals surface area contributed by atoms with Gasteiger partial charge in [-0.25, -0.2) is 19.9 Å². The summed E-state index contributed by atoms with van der Waals surface area (Å²) in [7, 11) is 0. The third kappa shape index (κ3) is 5.00. The molecule has 0 amide bonds. The molecule has 6 heteroatoms. The lowest BCUT2D eigenvalue weighted by Crippen LogP contribution is -2.12. The molecule has 1 atom stereocenters. The van der Waals surface area contributed by atoms with Crippen LogP contribution in [0.4, 0.5) is 5.82 Å². The van der Waals surface area contributed by atoms with Crippen LogP contribution in [0.25, 0.3) is 22.3 Å². The molecule has 0 unspecified atom stereocenters. The Morgan fingerprint density at radius 2 is 1.76 bits per heavy atom. The molecule has 3 heterocycles. The molecule has 1 N–H and O–H groups in total. The van der Waals surface area contributed by atoms with Gasteiger partial charge in [0.1, 0.15) is 12.1 Å². The molecule has 0 radical (unpaired) electrons. The van der Waals surface area contributed by atoms with Gasteiger partial charge in [-0.2, -0.15) is 0 Å². The molecular formula is C27H32N6. The molecule has 170 valence electrons. The predicted octanol–water partition coefficient (Wildman–Crippen LogP) is 6.18. The van der Waals surface area contributed by atoms with Gasteiger partial charge >= 0.3 is 0 Å². The summed E-state index contributed by atoms with van der Waals surface area (Å²) in [6.45, 7) is 10.5. The highest BCUT2D eigenvalue weighted by Gasteiger charge is 2.16. The zero-order valence-electron chi connectivity index (χ0n) is 20.2. The van der Waals surface area contributed by atoms with Crippen LogP contribution in [-0.4, -0.2) is 24.9 Å². The van der Waals surface area contributed by atoms with Crippen molar-refractivity contribution in [3.05, 3.63) is 71.1 Å². The lowest BCUT2D eigenvalue weighted by atomic mass is 10.00. The van der Waals surface area contributed by atoms with E-state index >= 15 is 0 Å². The highest BCUT2D eigenvalue weighted by molar-refractivity contribution is 5.94. The molecule has 0 saturated heterocycles. The Labute approximate surface area is 196 Å². The van der Waals surface area contributed by atoms with Crippen LogP contribution in [0.15, 0.2) is 43.0 Å². The summed E-state index contributed by atoms with van der Waals surface area (Å²) in [6, 6.07) is 8.59. The van der Waals surface area contributed by atoms with Crippen molar-refractivity contribution in [3.8, 4) is 11.4 Å². The average Bonchev–Trinajstić information content (AvgIpc) is 2.83. The third-order valence-electron chi connectivity index (χ3n) is 5.96. The van der Waals surface area contributed by atoms with Gasteiger partial charge in [0, 0.05) is 34.7 Å². The lowest BCUT2D eigenvalue weighted by molar-refractivity contribution is 0.797. The highest BCUT2D eigenvalue weighted by atomic mass is 15.0. The zero-order valence-corrected chi connectivity index (χ0v) is 20.2. The predicted molar refractivity (Wildman–Crippen MR) is 134 cm³/mol. The van der Waals surface area contributed by atoms with E-state index in [0.29, 0.717) is 0 Å². The van der Waals surface area contributed by atoms with Gasteiger partial charge in [-0.1, -0.05) is 26.3 Å². The SMILES string of the molecule is CCCCc1cc(-c2ncc(C)cn2)cc2c(N[C@@H](C)c3ccc(C)nc3CC)ncnc12. The van der Waals surface area contributed by atoms with Crippen LogP contribution in [-0.2, 0) is 12.8 Å². The van der Waals surface area contributed by atoms with Crippen LogP contribution >= 0.6 is 0 Å². The van der Waals surface area contributed by atoms with Gasteiger partial charge in [-0.3, -0.25) is 4.98 Å². The van der Waals surface area contributed by atoms with Crippen LogP contribution < -0.4 is 5.32 Å². The number of nitrogens with one attached hydrogen (secondary N) is 1. The lowest BCUT2D eigenvalue weighted by Gasteiger charge is -2.19. The maximum absolute atomic E-state index is 4.74. The molecule has 1 aromatic carbocycles. The Kier molecular flexibility index (Phi) is 6.92. The van der Waals surface area contributed by atoms with E-state index in [2.05, 4.69) is 70.3 Å². The van der Waals surface area contributed by atoms with Gasteiger partial charge in [-0.15, -0.1) is 0 Å². The molecule has 4 aromatic rings. The summed E-state index contributed by atoms with van der Waals surface area (Å²) in [5.74, 6) is 1.54. The number of benzene rings is 1. The summed E-state index contributed by atoms with van der Waals surface area (Å²) in [5, 5.41) is 4.63. The van der Waals surface area contributed by atoms with Gasteiger partial charge < -0.3 is 5.32 Å². The van der Waals surface area contributed by atoms with Crippen molar-refractivity contribution in [3.63, 3.8) is 0 Å². The number of fused-ring (bicyclic) bond motifs is 1. The normalized spacial score (nSPS) is 12.2. The largest absolute Gasteiger partial charge is 0.363 e. The highest BCUT2D eigenvalue weighted by Crippen LogP contribution is 2.31. The Morgan fingerprint density at radius 3 is 2.48 bits per heavy atom. The van der Waals surface area contributed by atoms with Crippen LogP contribution in [0, 0.1) is 13.8 Å². The molecule has 0 aliphatic carbocycles. The van der Waals surface area contributed by atoms with E-state index in [-0.39, 0.29) is 6.04 Å². The summed E-state index contributed by atoms with van der Waals surface area (Å²) in [6.07, 6.45) is 9.45. The van der Waals surface area contributed by atoms with Gasteiger partial charge in [0.05, 0.1) is 11.6 Å². The number of aryl methyl sites for hydroxylation is 4. The first-order valence-corrected chi connectivity index (χ1v) is 11.8. The van der Waals surface area contributed by atoms with Crippen LogP contribution in [0.5, 0.6) is 0 Å². The van der Waals surface area contributed by atoms with Crippen molar-refractivity contribution < 1.29 is 0 Å². The summed E-state index contributed by atoms with van der Waals surface area (Å²) < 4.78 is 0. The molecule has 0 bridgehead atoms. The molecule has 3 aromatic heterocycles. The minimum Gasteiger partial charge on any atom is -0.363 e. The van der Waals surface area contributed by atoms with Gasteiger partial charge in [0.2, 0.25) is 0 Å². The van der Waals surface area contributed by atoms with Gasteiger partial charge in [-0.05, 0) is 74.9 Å². The number of pyridine rings is 1. The summed E-state index contributed by atoms with van der Waals surface area (Å²) in [5.41, 5.74) is 7.58. The maximum Gasteiger partial charge on any atom is 0.159 e. The van der Waals surface area contributed by atoms with Crippen molar-refractivity contribution in [2.45, 2.75) is 66.3 Å². The average molecular weight is 441 g/mol.